The fraction of sp³-hybridized carbons (Fsp3) is 0.222. The van der Waals surface area contributed by atoms with Gasteiger partial charge in [-0.1, -0.05) is 15.9 Å². The molecular weight excluding hydrogens is 503 g/mol. The van der Waals surface area contributed by atoms with Gasteiger partial charge in [0.25, 0.3) is 10.0 Å². The van der Waals surface area contributed by atoms with Crippen molar-refractivity contribution >= 4 is 52.8 Å². The second kappa shape index (κ2) is 7.90. The Morgan fingerprint density at radius 2 is 1.81 bits per heavy atom. The maximum atomic E-state index is 13.2. The number of halogens is 3. The zero-order chi connectivity index (χ0) is 19.8. The summed E-state index contributed by atoms with van der Waals surface area (Å²) in [4.78, 5) is 1.97. The summed E-state index contributed by atoms with van der Waals surface area (Å²) in [6.07, 6.45) is 1.45. The van der Waals surface area contributed by atoms with Crippen molar-refractivity contribution in [2.45, 2.75) is 4.90 Å². The Labute approximate surface area is 174 Å². The third-order valence-corrected chi connectivity index (χ3v) is 6.65. The first-order chi connectivity index (χ1) is 12.7. The average Bonchev–Trinajstić information content (AvgIpc) is 2.94. The lowest BCUT2D eigenvalue weighted by Crippen LogP contribution is -2.19. The molecule has 27 heavy (non-hydrogen) atoms. The van der Waals surface area contributed by atoms with Gasteiger partial charge in [-0.25, -0.2) is 16.8 Å². The normalized spacial score (nSPS) is 12.1. The summed E-state index contributed by atoms with van der Waals surface area (Å²) in [5.74, 6) is -0.0383. The van der Waals surface area contributed by atoms with Crippen LogP contribution in [0.25, 0.3) is 10.9 Å². The summed E-state index contributed by atoms with van der Waals surface area (Å²) >= 11 is 6.87. The molecule has 0 radical (unpaired) electrons. The van der Waals surface area contributed by atoms with Gasteiger partial charge in [-0.2, -0.15) is 0 Å². The molecule has 0 atom stereocenters. The van der Waals surface area contributed by atoms with Crippen molar-refractivity contribution < 1.29 is 17.5 Å². The third-order valence-electron chi connectivity index (χ3n) is 3.92. The number of fused-ring (bicyclic) bond motifs is 1. The van der Waals surface area contributed by atoms with E-state index in [9.17, 15) is 12.8 Å². The molecule has 0 bridgehead atoms. The molecule has 144 valence electrons. The van der Waals surface area contributed by atoms with E-state index in [1.807, 2.05) is 25.1 Å². The molecule has 0 aliphatic rings. The highest BCUT2D eigenvalue weighted by Crippen LogP contribution is 2.38. The molecule has 0 amide bonds. The number of benzene rings is 2. The SMILES string of the molecule is CN(C)CCOc1cn(S(=O)(=O)c2ccc(F)cc2)c2c(Br)cc(Br)cc12. The summed E-state index contributed by atoms with van der Waals surface area (Å²) < 4.78 is 47.9. The van der Waals surface area contributed by atoms with Crippen molar-refractivity contribution in [3.63, 3.8) is 0 Å². The smallest absolute Gasteiger partial charge is 0.268 e. The monoisotopic (exact) mass is 518 g/mol. The zero-order valence-corrected chi connectivity index (χ0v) is 18.6. The Hall–Kier alpha value is -1.42. The van der Waals surface area contributed by atoms with E-state index in [-0.39, 0.29) is 4.90 Å². The molecule has 0 saturated heterocycles. The summed E-state index contributed by atoms with van der Waals surface area (Å²) in [5, 5.41) is 0.653. The van der Waals surface area contributed by atoms with E-state index in [0.29, 0.717) is 34.3 Å². The molecular formula is C18H17Br2FN2O3S. The van der Waals surface area contributed by atoms with Gasteiger partial charge < -0.3 is 9.64 Å². The second-order valence-corrected chi connectivity index (χ2v) is 9.77. The first-order valence-corrected chi connectivity index (χ1v) is 11.0. The van der Waals surface area contributed by atoms with Crippen LogP contribution in [0.4, 0.5) is 4.39 Å². The van der Waals surface area contributed by atoms with Crippen molar-refractivity contribution in [1.29, 1.82) is 0 Å². The average molecular weight is 520 g/mol. The van der Waals surface area contributed by atoms with Gasteiger partial charge in [-0.15, -0.1) is 0 Å². The van der Waals surface area contributed by atoms with E-state index in [4.69, 9.17) is 4.74 Å². The molecule has 1 heterocycles. The lowest BCUT2D eigenvalue weighted by atomic mass is 10.2. The highest BCUT2D eigenvalue weighted by Gasteiger charge is 2.24. The van der Waals surface area contributed by atoms with Crippen molar-refractivity contribution in [1.82, 2.24) is 8.87 Å². The molecule has 0 fully saturated rings. The Kier molecular flexibility index (Phi) is 5.95. The third kappa shape index (κ3) is 4.21. The first-order valence-electron chi connectivity index (χ1n) is 7.99. The van der Waals surface area contributed by atoms with Gasteiger partial charge in [-0.05, 0) is 66.4 Å². The largest absolute Gasteiger partial charge is 0.490 e. The highest BCUT2D eigenvalue weighted by molar-refractivity contribution is 9.11. The fourth-order valence-corrected chi connectivity index (χ4v) is 5.49. The standard InChI is InChI=1S/C18H17Br2FN2O3S/c1-22(2)7-8-26-17-11-23(18-15(17)9-12(19)10-16(18)20)27(24,25)14-5-3-13(21)4-6-14/h3-6,9-11H,7-8H2,1-2H3. The molecule has 3 aromatic rings. The Bertz CT molecular complexity index is 1080. The van der Waals surface area contributed by atoms with Crippen molar-refractivity contribution in [2.24, 2.45) is 0 Å². The minimum Gasteiger partial charge on any atom is -0.490 e. The van der Waals surface area contributed by atoms with E-state index in [2.05, 4.69) is 31.9 Å². The van der Waals surface area contributed by atoms with Crippen LogP contribution in [-0.2, 0) is 10.0 Å². The first kappa shape index (κ1) is 20.3. The number of aromatic nitrogens is 1. The minimum atomic E-state index is -3.92. The van der Waals surface area contributed by atoms with Crippen LogP contribution in [0, 0.1) is 5.82 Å². The topological polar surface area (TPSA) is 51.5 Å². The van der Waals surface area contributed by atoms with E-state index in [0.717, 1.165) is 20.6 Å². The highest BCUT2D eigenvalue weighted by atomic mass is 79.9. The van der Waals surface area contributed by atoms with Crippen LogP contribution >= 0.6 is 31.9 Å². The van der Waals surface area contributed by atoms with Gasteiger partial charge >= 0.3 is 0 Å². The number of hydrogen-bond donors (Lipinski definition) is 0. The van der Waals surface area contributed by atoms with Gasteiger partial charge in [0.2, 0.25) is 0 Å². The molecule has 2 aromatic carbocycles. The molecule has 0 aliphatic carbocycles. The van der Waals surface area contributed by atoms with E-state index < -0.39 is 15.8 Å². The van der Waals surface area contributed by atoms with E-state index >= 15 is 0 Å². The van der Waals surface area contributed by atoms with Crippen LogP contribution in [-0.4, -0.2) is 44.5 Å². The van der Waals surface area contributed by atoms with Crippen LogP contribution in [0.1, 0.15) is 0 Å². The molecule has 0 unspecified atom stereocenters. The predicted octanol–water partition coefficient (Wildman–Crippen LogP) is 4.48. The lowest BCUT2D eigenvalue weighted by Gasteiger charge is -2.10. The molecule has 0 saturated carbocycles. The minimum absolute atomic E-state index is 0.00420. The van der Waals surface area contributed by atoms with Crippen molar-refractivity contribution in [3.05, 3.63) is 57.4 Å². The number of hydrogen-bond acceptors (Lipinski definition) is 4. The second-order valence-electron chi connectivity index (χ2n) is 6.18. The molecule has 0 aliphatic heterocycles. The Balaban J connectivity index is 2.16. The molecule has 5 nitrogen and oxygen atoms in total. The zero-order valence-electron chi connectivity index (χ0n) is 14.6. The van der Waals surface area contributed by atoms with Crippen molar-refractivity contribution in [2.75, 3.05) is 27.2 Å². The predicted molar refractivity (Wildman–Crippen MR) is 110 cm³/mol. The van der Waals surface area contributed by atoms with Crippen molar-refractivity contribution in [3.8, 4) is 5.75 Å². The summed E-state index contributed by atoms with van der Waals surface area (Å²) in [5.41, 5.74) is 0.461. The Morgan fingerprint density at radius 1 is 1.15 bits per heavy atom. The molecule has 3 rings (SSSR count). The number of ether oxygens (including phenoxy) is 1. The number of rotatable bonds is 6. The lowest BCUT2D eigenvalue weighted by molar-refractivity contribution is 0.263. The molecule has 0 spiro atoms. The van der Waals surface area contributed by atoms with E-state index in [1.165, 1.54) is 18.3 Å². The van der Waals surface area contributed by atoms with E-state index in [1.54, 1.807) is 6.07 Å². The molecule has 9 heteroatoms. The van der Waals surface area contributed by atoms with Crippen LogP contribution in [0.5, 0.6) is 5.75 Å². The Morgan fingerprint density at radius 3 is 2.44 bits per heavy atom. The van der Waals surface area contributed by atoms with Gasteiger partial charge in [-0.3, -0.25) is 0 Å². The van der Waals surface area contributed by atoms with Crippen LogP contribution in [0.3, 0.4) is 0 Å². The van der Waals surface area contributed by atoms with Gasteiger partial charge in [0.15, 0.2) is 0 Å². The maximum Gasteiger partial charge on any atom is 0.268 e. The summed E-state index contributed by atoms with van der Waals surface area (Å²) in [6, 6.07) is 8.31. The van der Waals surface area contributed by atoms with Gasteiger partial charge in [0.05, 0.1) is 16.6 Å². The molecule has 0 N–H and O–H groups in total. The van der Waals surface area contributed by atoms with Crippen LogP contribution < -0.4 is 4.74 Å². The van der Waals surface area contributed by atoms with Crippen LogP contribution in [0.15, 0.2) is 56.4 Å². The fourth-order valence-electron chi connectivity index (χ4n) is 2.58. The quantitative estimate of drug-likeness (QED) is 0.481. The number of likely N-dealkylation sites (N-methyl/N-ethyl adjacent to an activating group) is 1. The number of nitrogens with zero attached hydrogens (tertiary/aromatic N) is 2. The molecule has 1 aromatic heterocycles. The van der Waals surface area contributed by atoms with Gasteiger partial charge in [0.1, 0.15) is 18.2 Å². The van der Waals surface area contributed by atoms with Crippen LogP contribution in [0.2, 0.25) is 0 Å². The summed E-state index contributed by atoms with van der Waals surface area (Å²) in [6.45, 7) is 1.10. The maximum absolute atomic E-state index is 13.2. The van der Waals surface area contributed by atoms with Gasteiger partial charge in [0, 0.05) is 20.9 Å². The summed E-state index contributed by atoms with van der Waals surface area (Å²) in [7, 11) is -0.0652.